The topological polar surface area (TPSA) is 86.7 Å². The summed E-state index contributed by atoms with van der Waals surface area (Å²) >= 11 is 0. The van der Waals surface area contributed by atoms with E-state index in [0.717, 1.165) is 16.5 Å². The number of hydrogen-bond donors (Lipinski definition) is 1. The van der Waals surface area contributed by atoms with Gasteiger partial charge >= 0.3 is 5.51 Å². The fourth-order valence-electron chi connectivity index (χ4n) is 1.96. The van der Waals surface area contributed by atoms with Crippen LogP contribution in [0.5, 0.6) is 11.5 Å². The number of fused-ring (bicyclic) bond motifs is 1. The van der Waals surface area contributed by atoms with Gasteiger partial charge in [0, 0.05) is 16.3 Å². The molecule has 0 saturated carbocycles. The summed E-state index contributed by atoms with van der Waals surface area (Å²) in [4.78, 5) is 1.26. The van der Waals surface area contributed by atoms with Gasteiger partial charge < -0.3 is 14.4 Å². The molecule has 0 aliphatic heterocycles. The smallest absolute Gasteiger partial charge is 0.485 e. The zero-order valence-corrected chi connectivity index (χ0v) is 15.3. The second-order valence-corrected chi connectivity index (χ2v) is 8.35. The molecule has 0 atom stereocenters. The largest absolute Gasteiger partial charge is 0.741 e. The Morgan fingerprint density at radius 2 is 1.76 bits per heavy atom. The summed E-state index contributed by atoms with van der Waals surface area (Å²) in [7, 11) is -5.93. The molecule has 0 spiro atoms. The normalized spacial score (nSPS) is 12.0. The zero-order chi connectivity index (χ0) is 19.4. The second kappa shape index (κ2) is 8.15. The van der Waals surface area contributed by atoms with Crippen LogP contribution >= 0.6 is 0 Å². The summed E-state index contributed by atoms with van der Waals surface area (Å²) in [5.74, 6) is 1.05. The van der Waals surface area contributed by atoms with Gasteiger partial charge in [0.05, 0.1) is 12.0 Å². The molecule has 1 N–H and O–H groups in total. The van der Waals surface area contributed by atoms with Crippen LogP contribution in [0.4, 0.5) is 13.2 Å². The van der Waals surface area contributed by atoms with Gasteiger partial charge in [0.2, 0.25) is 0 Å². The third-order valence-corrected chi connectivity index (χ3v) is 4.77. The SMILES string of the molecule is CCOc1cccc2c([S+](C)C)ccc(O)c12.O=S(=O)([O-])C(F)(F)F. The molecule has 0 aliphatic carbocycles. The van der Waals surface area contributed by atoms with E-state index in [1.165, 1.54) is 4.90 Å². The van der Waals surface area contributed by atoms with Crippen LogP contribution in [0.3, 0.4) is 0 Å². The van der Waals surface area contributed by atoms with Crippen LogP contribution in [-0.2, 0) is 21.0 Å². The van der Waals surface area contributed by atoms with Gasteiger partial charge in [-0.3, -0.25) is 0 Å². The third kappa shape index (κ3) is 5.41. The zero-order valence-electron chi connectivity index (χ0n) is 13.6. The molecule has 2 aromatic carbocycles. The number of rotatable bonds is 3. The monoisotopic (exact) mass is 398 g/mol. The lowest BCUT2D eigenvalue weighted by Gasteiger charge is -2.10. The van der Waals surface area contributed by atoms with Crippen molar-refractivity contribution in [2.45, 2.75) is 17.3 Å². The fraction of sp³-hybridized carbons (Fsp3) is 0.333. The molecule has 0 radical (unpaired) electrons. The van der Waals surface area contributed by atoms with Gasteiger partial charge in [0.1, 0.15) is 24.0 Å². The molecule has 25 heavy (non-hydrogen) atoms. The number of hydrogen-bond acceptors (Lipinski definition) is 5. The molecule has 0 heterocycles. The van der Waals surface area contributed by atoms with Crippen molar-refractivity contribution in [2.75, 3.05) is 19.1 Å². The van der Waals surface area contributed by atoms with Crippen LogP contribution in [-0.4, -0.2) is 42.7 Å². The van der Waals surface area contributed by atoms with E-state index < -0.39 is 15.6 Å². The van der Waals surface area contributed by atoms with E-state index in [1.54, 1.807) is 6.07 Å². The van der Waals surface area contributed by atoms with E-state index in [9.17, 15) is 18.3 Å². The van der Waals surface area contributed by atoms with Crippen molar-refractivity contribution < 1.29 is 36.0 Å². The number of benzene rings is 2. The summed E-state index contributed by atoms with van der Waals surface area (Å²) < 4.78 is 64.5. The van der Waals surface area contributed by atoms with Gasteiger partial charge in [-0.15, -0.1) is 0 Å². The Morgan fingerprint density at radius 1 is 1.20 bits per heavy atom. The second-order valence-electron chi connectivity index (χ2n) is 4.91. The van der Waals surface area contributed by atoms with Crippen LogP contribution in [0.25, 0.3) is 10.8 Å². The molecule has 0 fully saturated rings. The molecule has 0 aliphatic rings. The van der Waals surface area contributed by atoms with Gasteiger partial charge in [-0.25, -0.2) is 8.42 Å². The van der Waals surface area contributed by atoms with Crippen molar-refractivity contribution in [1.29, 1.82) is 0 Å². The maximum absolute atomic E-state index is 10.7. The minimum absolute atomic E-state index is 0.159. The third-order valence-electron chi connectivity index (χ3n) is 2.96. The van der Waals surface area contributed by atoms with Gasteiger partial charge in [0.15, 0.2) is 15.0 Å². The fourth-order valence-corrected chi connectivity index (χ4v) is 2.91. The highest BCUT2D eigenvalue weighted by atomic mass is 32.2. The molecule has 140 valence electrons. The number of phenols is 1. The molecular formula is C15H17F3O5S2. The highest BCUT2D eigenvalue weighted by Crippen LogP contribution is 2.36. The molecule has 0 unspecified atom stereocenters. The van der Waals surface area contributed by atoms with Crippen molar-refractivity contribution in [3.05, 3.63) is 30.3 Å². The van der Waals surface area contributed by atoms with Gasteiger partial charge in [-0.05, 0) is 31.2 Å². The quantitative estimate of drug-likeness (QED) is 0.487. The first-order valence-corrected chi connectivity index (χ1v) is 10.3. The van der Waals surface area contributed by atoms with Gasteiger partial charge in [0.25, 0.3) is 0 Å². The Hall–Kier alpha value is -1.65. The number of ether oxygens (including phenoxy) is 1. The van der Waals surface area contributed by atoms with E-state index in [2.05, 4.69) is 12.5 Å². The van der Waals surface area contributed by atoms with E-state index >= 15 is 0 Å². The highest BCUT2D eigenvalue weighted by molar-refractivity contribution is 7.95. The van der Waals surface area contributed by atoms with Gasteiger partial charge in [-0.2, -0.15) is 13.2 Å². The molecule has 0 aromatic heterocycles. The predicted molar refractivity (Wildman–Crippen MR) is 90.0 cm³/mol. The summed E-state index contributed by atoms with van der Waals surface area (Å²) in [6.45, 7) is 2.55. The highest BCUT2D eigenvalue weighted by Gasteiger charge is 2.36. The Bertz CT molecular complexity index is 833. The molecular weight excluding hydrogens is 381 g/mol. The average molecular weight is 398 g/mol. The summed E-state index contributed by atoms with van der Waals surface area (Å²) in [5.41, 5.74) is -5.65. The first-order chi connectivity index (χ1) is 11.4. The van der Waals surface area contributed by atoms with Crippen LogP contribution in [0.15, 0.2) is 35.2 Å². The molecule has 0 saturated heterocycles. The van der Waals surface area contributed by atoms with Crippen molar-refractivity contribution in [2.24, 2.45) is 0 Å². The maximum atomic E-state index is 10.7. The number of alkyl halides is 3. The molecule has 2 aromatic rings. The van der Waals surface area contributed by atoms with Crippen molar-refractivity contribution in [3.8, 4) is 11.5 Å². The minimum atomic E-state index is -6.09. The molecule has 5 nitrogen and oxygen atoms in total. The average Bonchev–Trinajstić information content (AvgIpc) is 2.46. The Kier molecular flexibility index (Phi) is 6.98. The summed E-state index contributed by atoms with van der Waals surface area (Å²) in [6.07, 6.45) is 4.36. The van der Waals surface area contributed by atoms with Crippen LogP contribution < -0.4 is 4.74 Å². The first kappa shape index (κ1) is 21.4. The standard InChI is InChI=1S/C14H16O2S.CHF3O3S/c1-4-16-12-7-5-6-10-13(17(2)3)9-8-11(15)14(10)12;2-1(3,4)8(5,6)7/h5-9H,4H2,1-3H3;(H,5,6,7). The Balaban J connectivity index is 0.000000333. The Labute approximate surface area is 146 Å². The van der Waals surface area contributed by atoms with Crippen LogP contribution in [0, 0.1) is 0 Å². The van der Waals surface area contributed by atoms with E-state index in [4.69, 9.17) is 17.7 Å². The van der Waals surface area contributed by atoms with Crippen molar-refractivity contribution in [1.82, 2.24) is 0 Å². The molecule has 0 amide bonds. The predicted octanol–water partition coefficient (Wildman–Crippen LogP) is 3.23. The van der Waals surface area contributed by atoms with E-state index in [1.807, 2.05) is 31.2 Å². The Morgan fingerprint density at radius 3 is 2.20 bits per heavy atom. The lowest BCUT2D eigenvalue weighted by atomic mass is 10.1. The van der Waals surface area contributed by atoms with E-state index in [0.29, 0.717) is 12.4 Å². The molecule has 10 heteroatoms. The lowest BCUT2D eigenvalue weighted by molar-refractivity contribution is -0.0517. The van der Waals surface area contributed by atoms with Crippen molar-refractivity contribution in [3.63, 3.8) is 0 Å². The molecule has 0 bridgehead atoms. The van der Waals surface area contributed by atoms with Crippen LogP contribution in [0.1, 0.15) is 6.92 Å². The summed E-state index contributed by atoms with van der Waals surface area (Å²) in [6, 6.07) is 9.67. The number of aromatic hydroxyl groups is 1. The van der Waals surface area contributed by atoms with E-state index in [-0.39, 0.29) is 10.9 Å². The molecule has 2 rings (SSSR count). The number of phenolic OH excluding ortho intramolecular Hbond substituents is 1. The van der Waals surface area contributed by atoms with Crippen molar-refractivity contribution >= 4 is 31.8 Å². The number of halogens is 3. The summed E-state index contributed by atoms with van der Waals surface area (Å²) in [5, 5.41) is 11.9. The maximum Gasteiger partial charge on any atom is 0.485 e. The lowest BCUT2D eigenvalue weighted by Crippen LogP contribution is -2.21. The van der Waals surface area contributed by atoms with Crippen LogP contribution in [0.2, 0.25) is 0 Å². The first-order valence-electron chi connectivity index (χ1n) is 6.87. The minimum Gasteiger partial charge on any atom is -0.741 e. The van der Waals surface area contributed by atoms with Gasteiger partial charge in [-0.1, -0.05) is 6.07 Å².